The fraction of sp³-hybridized carbons (Fsp3) is 0.133. The lowest BCUT2D eigenvalue weighted by atomic mass is 10.0. The molecule has 0 aliphatic heterocycles. The van der Waals surface area contributed by atoms with E-state index in [9.17, 15) is 9.90 Å². The van der Waals surface area contributed by atoms with Gasteiger partial charge in [-0.2, -0.15) is 0 Å². The van der Waals surface area contributed by atoms with Crippen LogP contribution in [0.1, 0.15) is 17.3 Å². The maximum Gasteiger partial charge on any atom is 0.296 e. The van der Waals surface area contributed by atoms with E-state index < -0.39 is 0 Å². The van der Waals surface area contributed by atoms with Crippen molar-refractivity contribution in [2.45, 2.75) is 6.92 Å². The van der Waals surface area contributed by atoms with Crippen molar-refractivity contribution in [3.05, 3.63) is 59.7 Å². The van der Waals surface area contributed by atoms with Crippen LogP contribution in [-0.2, 0) is 4.74 Å². The lowest BCUT2D eigenvalue weighted by Crippen LogP contribution is -2.23. The Morgan fingerprint density at radius 1 is 1.16 bits per heavy atom. The number of carbonyl (C=O) groups excluding carboxylic acids is 1. The minimum Gasteiger partial charge on any atom is -0.480 e. The van der Waals surface area contributed by atoms with Crippen LogP contribution in [-0.4, -0.2) is 18.1 Å². The fourth-order valence-corrected chi connectivity index (χ4v) is 1.87. The van der Waals surface area contributed by atoms with Crippen LogP contribution in [0.2, 0.25) is 0 Å². The number of aliphatic hydroxyl groups is 1. The normalized spacial score (nSPS) is 11.9. The highest BCUT2D eigenvalue weighted by molar-refractivity contribution is 6.07. The molecule has 0 spiro atoms. The number of carbonyl (C=O) groups is 1. The van der Waals surface area contributed by atoms with E-state index in [0.717, 1.165) is 10.8 Å². The fourth-order valence-electron chi connectivity index (χ4n) is 1.87. The molecule has 4 nitrogen and oxygen atoms in total. The molecule has 0 saturated carbocycles. The summed E-state index contributed by atoms with van der Waals surface area (Å²) >= 11 is 0. The zero-order chi connectivity index (χ0) is 13.8. The Labute approximate surface area is 111 Å². The third kappa shape index (κ3) is 2.68. The third-order valence-corrected chi connectivity index (χ3v) is 2.85. The van der Waals surface area contributed by atoms with Gasteiger partial charge in [-0.15, -0.1) is 0 Å². The van der Waals surface area contributed by atoms with Crippen molar-refractivity contribution in [1.82, 2.24) is 5.32 Å². The molecular weight excluding hydrogens is 242 g/mol. The minimum atomic E-state index is -0.298. The van der Waals surface area contributed by atoms with E-state index in [0.29, 0.717) is 5.56 Å². The highest BCUT2D eigenvalue weighted by atomic mass is 16.6. The van der Waals surface area contributed by atoms with Crippen LogP contribution >= 0.6 is 0 Å². The first-order valence-electron chi connectivity index (χ1n) is 5.86. The molecule has 0 fully saturated rings. The number of allylic oxidation sites excluding steroid dienone is 1. The van der Waals surface area contributed by atoms with E-state index in [1.165, 1.54) is 7.11 Å². The first kappa shape index (κ1) is 13.0. The molecule has 0 aliphatic carbocycles. The van der Waals surface area contributed by atoms with E-state index in [4.69, 9.17) is 0 Å². The quantitative estimate of drug-likeness (QED) is 0.831. The molecule has 2 aromatic carbocycles. The predicted molar refractivity (Wildman–Crippen MR) is 73.8 cm³/mol. The van der Waals surface area contributed by atoms with Gasteiger partial charge in [-0.05, 0) is 23.8 Å². The minimum absolute atomic E-state index is 0.278. The van der Waals surface area contributed by atoms with Gasteiger partial charge in [-0.3, -0.25) is 4.79 Å². The first-order valence-corrected chi connectivity index (χ1v) is 5.86. The molecule has 0 aliphatic rings. The second-order valence-electron chi connectivity index (χ2n) is 4.12. The Morgan fingerprint density at radius 2 is 1.84 bits per heavy atom. The van der Waals surface area contributed by atoms with Crippen LogP contribution in [0.3, 0.4) is 0 Å². The summed E-state index contributed by atoms with van der Waals surface area (Å²) in [5, 5.41) is 13.8. The van der Waals surface area contributed by atoms with Crippen molar-refractivity contribution in [3.63, 3.8) is 0 Å². The van der Waals surface area contributed by atoms with Gasteiger partial charge in [0.05, 0.1) is 12.8 Å². The Balaban J connectivity index is 2.37. The van der Waals surface area contributed by atoms with Crippen molar-refractivity contribution in [3.8, 4) is 0 Å². The molecule has 0 saturated heterocycles. The molecule has 0 radical (unpaired) electrons. The maximum atomic E-state index is 12.2. The summed E-state index contributed by atoms with van der Waals surface area (Å²) in [6.45, 7) is 1.57. The molecule has 19 heavy (non-hydrogen) atoms. The SMILES string of the molecule is CO/C(O)=C(\C)NC(=O)c1cccc2ccccc12. The summed E-state index contributed by atoms with van der Waals surface area (Å²) in [5.41, 5.74) is 0.835. The smallest absolute Gasteiger partial charge is 0.296 e. The van der Waals surface area contributed by atoms with Crippen LogP contribution in [0.15, 0.2) is 54.1 Å². The van der Waals surface area contributed by atoms with Gasteiger partial charge in [0.1, 0.15) is 0 Å². The van der Waals surface area contributed by atoms with E-state index in [1.54, 1.807) is 13.0 Å². The second kappa shape index (κ2) is 5.44. The summed E-state index contributed by atoms with van der Waals surface area (Å²) in [6.07, 6.45) is 0. The van der Waals surface area contributed by atoms with E-state index in [2.05, 4.69) is 10.1 Å². The molecule has 0 atom stereocenters. The average Bonchev–Trinajstić information content (AvgIpc) is 2.45. The monoisotopic (exact) mass is 257 g/mol. The molecule has 2 aromatic rings. The summed E-state index contributed by atoms with van der Waals surface area (Å²) in [7, 11) is 1.34. The number of fused-ring (bicyclic) bond motifs is 1. The molecule has 2 N–H and O–H groups in total. The summed E-state index contributed by atoms with van der Waals surface area (Å²) in [5.74, 6) is -0.577. The van der Waals surface area contributed by atoms with E-state index >= 15 is 0 Å². The zero-order valence-corrected chi connectivity index (χ0v) is 10.8. The summed E-state index contributed by atoms with van der Waals surface area (Å²) < 4.78 is 4.66. The molecule has 98 valence electrons. The number of aliphatic hydroxyl groups excluding tert-OH is 1. The number of hydrogen-bond acceptors (Lipinski definition) is 3. The number of benzene rings is 2. The van der Waals surface area contributed by atoms with Gasteiger partial charge in [-0.1, -0.05) is 36.4 Å². The van der Waals surface area contributed by atoms with Crippen LogP contribution in [0.4, 0.5) is 0 Å². The highest BCUT2D eigenvalue weighted by Gasteiger charge is 2.11. The van der Waals surface area contributed by atoms with Crippen molar-refractivity contribution in [2.75, 3.05) is 7.11 Å². The van der Waals surface area contributed by atoms with Crippen molar-refractivity contribution < 1.29 is 14.6 Å². The molecule has 0 aromatic heterocycles. The molecule has 1 amide bonds. The highest BCUT2D eigenvalue weighted by Crippen LogP contribution is 2.18. The third-order valence-electron chi connectivity index (χ3n) is 2.85. The first-order chi connectivity index (χ1) is 9.13. The number of amides is 1. The Hall–Kier alpha value is -2.49. The zero-order valence-electron chi connectivity index (χ0n) is 10.8. The number of ether oxygens (including phenoxy) is 1. The van der Waals surface area contributed by atoms with Gasteiger partial charge in [0.25, 0.3) is 11.9 Å². The van der Waals surface area contributed by atoms with E-state index in [-0.39, 0.29) is 17.5 Å². The second-order valence-corrected chi connectivity index (χ2v) is 4.12. The number of methoxy groups -OCH3 is 1. The summed E-state index contributed by atoms with van der Waals surface area (Å²) in [4.78, 5) is 12.2. The maximum absolute atomic E-state index is 12.2. The number of rotatable bonds is 3. The van der Waals surface area contributed by atoms with Gasteiger partial charge < -0.3 is 15.2 Å². The van der Waals surface area contributed by atoms with Gasteiger partial charge in [-0.25, -0.2) is 0 Å². The number of hydrogen-bond donors (Lipinski definition) is 2. The Bertz CT molecular complexity index is 641. The van der Waals surface area contributed by atoms with Crippen molar-refractivity contribution in [1.29, 1.82) is 0 Å². The van der Waals surface area contributed by atoms with Crippen LogP contribution < -0.4 is 5.32 Å². The van der Waals surface area contributed by atoms with Crippen molar-refractivity contribution >= 4 is 16.7 Å². The molecule has 2 rings (SSSR count). The van der Waals surface area contributed by atoms with Crippen LogP contribution in [0.25, 0.3) is 10.8 Å². The molecule has 4 heteroatoms. The topological polar surface area (TPSA) is 58.6 Å². The van der Waals surface area contributed by atoms with Crippen LogP contribution in [0, 0.1) is 0 Å². The Morgan fingerprint density at radius 3 is 2.58 bits per heavy atom. The molecular formula is C15H15NO3. The lowest BCUT2D eigenvalue weighted by Gasteiger charge is -2.09. The molecule has 0 heterocycles. The molecule has 0 bridgehead atoms. The van der Waals surface area contributed by atoms with Crippen LogP contribution in [0.5, 0.6) is 0 Å². The van der Waals surface area contributed by atoms with Crippen molar-refractivity contribution in [2.24, 2.45) is 0 Å². The lowest BCUT2D eigenvalue weighted by molar-refractivity contribution is 0.0942. The Kier molecular flexibility index (Phi) is 3.71. The van der Waals surface area contributed by atoms with Gasteiger partial charge >= 0.3 is 0 Å². The average molecular weight is 257 g/mol. The van der Waals surface area contributed by atoms with Gasteiger partial charge in [0, 0.05) is 5.56 Å². The van der Waals surface area contributed by atoms with Gasteiger partial charge in [0.15, 0.2) is 0 Å². The number of nitrogens with one attached hydrogen (secondary N) is 1. The summed E-state index contributed by atoms with van der Waals surface area (Å²) in [6, 6.07) is 13.2. The largest absolute Gasteiger partial charge is 0.480 e. The standard InChI is InChI=1S/C15H15NO3/c1-10(15(18)19-2)16-14(17)13-9-5-7-11-6-3-4-8-12(11)13/h3-9,18H,1-2H3,(H,16,17)/b15-10+. The predicted octanol–water partition coefficient (Wildman–Crippen LogP) is 2.96. The molecule has 0 unspecified atom stereocenters. The van der Waals surface area contributed by atoms with Gasteiger partial charge in [0.2, 0.25) is 0 Å². The van der Waals surface area contributed by atoms with E-state index in [1.807, 2.05) is 36.4 Å².